The molecule has 1 atom stereocenters. The van der Waals surface area contributed by atoms with E-state index in [4.69, 9.17) is 5.11 Å². The molecule has 2 rings (SSSR count). The van der Waals surface area contributed by atoms with Crippen molar-refractivity contribution in [2.45, 2.75) is 26.1 Å². The Kier molecular flexibility index (Phi) is 5.99. The summed E-state index contributed by atoms with van der Waals surface area (Å²) >= 11 is 0. The number of nitrogens with one attached hydrogen (secondary N) is 1. The fourth-order valence-electron chi connectivity index (χ4n) is 2.78. The van der Waals surface area contributed by atoms with E-state index in [1.165, 1.54) is 11.0 Å². The van der Waals surface area contributed by atoms with E-state index in [2.05, 4.69) is 5.32 Å². The molecule has 6 nitrogen and oxygen atoms in total. The van der Waals surface area contributed by atoms with Gasteiger partial charge in [-0.05, 0) is 24.1 Å². The van der Waals surface area contributed by atoms with E-state index in [0.717, 1.165) is 12.1 Å². The van der Waals surface area contributed by atoms with Crippen molar-refractivity contribution in [3.63, 3.8) is 0 Å². The van der Waals surface area contributed by atoms with Gasteiger partial charge < -0.3 is 20.2 Å². The number of nitrogens with zero attached hydrogens (tertiary/aromatic N) is 2. The highest BCUT2D eigenvalue weighted by Crippen LogP contribution is 2.31. The third-order valence-corrected chi connectivity index (χ3v) is 4.32. The predicted octanol–water partition coefficient (Wildman–Crippen LogP) is 2.65. The number of rotatable bonds is 4. The summed E-state index contributed by atoms with van der Waals surface area (Å²) in [6.45, 7) is 4.73. The molecule has 1 aliphatic rings. The van der Waals surface area contributed by atoms with E-state index in [0.29, 0.717) is 31.9 Å². The molecule has 1 fully saturated rings. The second-order valence-electron chi connectivity index (χ2n) is 6.53. The Morgan fingerprint density at radius 3 is 2.27 bits per heavy atom. The molecule has 2 N–H and O–H groups in total. The van der Waals surface area contributed by atoms with Gasteiger partial charge in [0.05, 0.1) is 5.56 Å². The molecule has 1 saturated heterocycles. The van der Waals surface area contributed by atoms with Crippen LogP contribution in [0.25, 0.3) is 0 Å². The summed E-state index contributed by atoms with van der Waals surface area (Å²) in [4.78, 5) is 26.7. The van der Waals surface area contributed by atoms with Crippen molar-refractivity contribution in [2.75, 3.05) is 31.1 Å². The molecule has 26 heavy (non-hydrogen) atoms. The lowest BCUT2D eigenvalue weighted by atomic mass is 10.1. The number of benzene rings is 1. The fourth-order valence-corrected chi connectivity index (χ4v) is 2.78. The Bertz CT molecular complexity index is 656. The first-order chi connectivity index (χ1) is 12.1. The maximum atomic E-state index is 12.8. The van der Waals surface area contributed by atoms with Crippen LogP contribution >= 0.6 is 0 Å². The monoisotopic (exact) mass is 373 g/mol. The molecule has 1 aromatic rings. The molecule has 0 aromatic heterocycles. The molecule has 9 heteroatoms. The molecule has 0 unspecified atom stereocenters. The van der Waals surface area contributed by atoms with Crippen molar-refractivity contribution in [2.24, 2.45) is 5.92 Å². The predicted molar refractivity (Wildman–Crippen MR) is 90.0 cm³/mol. The van der Waals surface area contributed by atoms with Crippen LogP contribution in [0.2, 0.25) is 0 Å². The van der Waals surface area contributed by atoms with Crippen LogP contribution < -0.4 is 10.2 Å². The largest absolute Gasteiger partial charge is 0.480 e. The summed E-state index contributed by atoms with van der Waals surface area (Å²) in [6, 6.07) is 3.61. The Hall–Kier alpha value is -2.45. The lowest BCUT2D eigenvalue weighted by Gasteiger charge is -2.37. The van der Waals surface area contributed by atoms with Gasteiger partial charge in [0.2, 0.25) is 0 Å². The van der Waals surface area contributed by atoms with E-state index in [1.807, 2.05) is 0 Å². The van der Waals surface area contributed by atoms with Crippen LogP contribution in [0.3, 0.4) is 0 Å². The number of hydrogen-bond donors (Lipinski definition) is 2. The molecule has 0 bridgehead atoms. The summed E-state index contributed by atoms with van der Waals surface area (Å²) < 4.78 is 38.5. The maximum absolute atomic E-state index is 12.8. The van der Waals surface area contributed by atoms with E-state index in [1.54, 1.807) is 24.8 Å². The minimum absolute atomic E-state index is 0.261. The number of carboxylic acid groups (broad SMARTS) is 1. The summed E-state index contributed by atoms with van der Waals surface area (Å²) in [7, 11) is 0. The number of aliphatic carboxylic acids is 1. The summed E-state index contributed by atoms with van der Waals surface area (Å²) in [6.07, 6.45) is -4.40. The highest BCUT2D eigenvalue weighted by atomic mass is 19.4. The number of carbonyl (C=O) groups is 2. The van der Waals surface area contributed by atoms with Crippen molar-refractivity contribution in [3.8, 4) is 0 Å². The van der Waals surface area contributed by atoms with Crippen molar-refractivity contribution in [1.29, 1.82) is 0 Å². The van der Waals surface area contributed by atoms with Gasteiger partial charge in [0.15, 0.2) is 0 Å². The molecule has 1 aliphatic heterocycles. The van der Waals surface area contributed by atoms with Gasteiger partial charge in [-0.1, -0.05) is 19.9 Å². The van der Waals surface area contributed by atoms with Crippen LogP contribution in [0.15, 0.2) is 24.3 Å². The first kappa shape index (κ1) is 19.9. The number of hydrogen-bond acceptors (Lipinski definition) is 3. The van der Waals surface area contributed by atoms with Gasteiger partial charge in [0.1, 0.15) is 6.04 Å². The number of piperazine rings is 1. The average molecular weight is 373 g/mol. The highest BCUT2D eigenvalue weighted by Gasteiger charge is 2.32. The summed E-state index contributed by atoms with van der Waals surface area (Å²) in [5, 5.41) is 11.6. The number of halogens is 3. The third-order valence-electron chi connectivity index (χ3n) is 4.32. The van der Waals surface area contributed by atoms with Crippen LogP contribution in [0, 0.1) is 5.92 Å². The smallest absolute Gasteiger partial charge is 0.416 e. The van der Waals surface area contributed by atoms with E-state index in [-0.39, 0.29) is 5.92 Å². The zero-order chi connectivity index (χ0) is 19.5. The van der Waals surface area contributed by atoms with Gasteiger partial charge in [0.25, 0.3) is 0 Å². The van der Waals surface area contributed by atoms with Crippen molar-refractivity contribution >= 4 is 17.7 Å². The standard InChI is InChI=1S/C17H22F3N3O3/c1-11(2)14(15(24)25)21-16(26)23-8-6-22(7-9-23)13-5-3-4-12(10-13)17(18,19)20/h3-5,10-11,14H,6-9H2,1-2H3,(H,21,26)(H,24,25)/t14-/m0/s1. The lowest BCUT2D eigenvalue weighted by Crippen LogP contribution is -2.55. The molecular formula is C17H22F3N3O3. The number of urea groups is 1. The molecule has 0 spiro atoms. The van der Waals surface area contributed by atoms with E-state index < -0.39 is 29.8 Å². The molecule has 0 radical (unpaired) electrons. The van der Waals surface area contributed by atoms with Crippen LogP contribution in [0.1, 0.15) is 19.4 Å². The van der Waals surface area contributed by atoms with Gasteiger partial charge in [-0.2, -0.15) is 13.2 Å². The van der Waals surface area contributed by atoms with Gasteiger partial charge in [-0.3, -0.25) is 0 Å². The molecule has 0 saturated carbocycles. The van der Waals surface area contributed by atoms with Crippen LogP contribution in [0.5, 0.6) is 0 Å². The quantitative estimate of drug-likeness (QED) is 0.851. The Labute approximate surface area is 149 Å². The van der Waals surface area contributed by atoms with Gasteiger partial charge in [-0.15, -0.1) is 0 Å². The Morgan fingerprint density at radius 2 is 1.77 bits per heavy atom. The van der Waals surface area contributed by atoms with Gasteiger partial charge in [-0.25, -0.2) is 9.59 Å². The fraction of sp³-hybridized carbons (Fsp3) is 0.529. The second-order valence-corrected chi connectivity index (χ2v) is 6.53. The van der Waals surface area contributed by atoms with Crippen LogP contribution in [-0.2, 0) is 11.0 Å². The minimum Gasteiger partial charge on any atom is -0.480 e. The molecule has 1 aromatic carbocycles. The summed E-state index contributed by atoms with van der Waals surface area (Å²) in [5.74, 6) is -1.36. The normalized spacial score (nSPS) is 16.5. The maximum Gasteiger partial charge on any atom is 0.416 e. The lowest BCUT2D eigenvalue weighted by molar-refractivity contribution is -0.140. The second kappa shape index (κ2) is 7.84. The zero-order valence-corrected chi connectivity index (χ0v) is 14.6. The zero-order valence-electron chi connectivity index (χ0n) is 14.6. The van der Waals surface area contributed by atoms with Crippen molar-refractivity contribution in [3.05, 3.63) is 29.8 Å². The van der Waals surface area contributed by atoms with Crippen LogP contribution in [-0.4, -0.2) is 54.2 Å². The van der Waals surface area contributed by atoms with Crippen molar-refractivity contribution in [1.82, 2.24) is 10.2 Å². The average Bonchev–Trinajstić information content (AvgIpc) is 2.58. The van der Waals surface area contributed by atoms with Gasteiger partial charge in [0, 0.05) is 31.9 Å². The topological polar surface area (TPSA) is 72.9 Å². The molecule has 2 amide bonds. The molecule has 1 heterocycles. The number of carboxylic acids is 1. The number of anilines is 1. The number of amides is 2. The first-order valence-electron chi connectivity index (χ1n) is 8.30. The number of alkyl halides is 3. The Morgan fingerprint density at radius 1 is 1.15 bits per heavy atom. The molecule has 0 aliphatic carbocycles. The van der Waals surface area contributed by atoms with E-state index >= 15 is 0 Å². The van der Waals surface area contributed by atoms with Crippen molar-refractivity contribution < 1.29 is 27.9 Å². The SMILES string of the molecule is CC(C)[C@H](NC(=O)N1CCN(c2cccc(C(F)(F)F)c2)CC1)C(=O)O. The van der Waals surface area contributed by atoms with Crippen LogP contribution in [0.4, 0.5) is 23.7 Å². The Balaban J connectivity index is 1.97. The van der Waals surface area contributed by atoms with Gasteiger partial charge >= 0.3 is 18.2 Å². The third kappa shape index (κ3) is 4.80. The summed E-state index contributed by atoms with van der Waals surface area (Å²) in [5.41, 5.74) is -0.262. The number of carbonyl (C=O) groups excluding carboxylic acids is 1. The minimum atomic E-state index is -4.40. The molecular weight excluding hydrogens is 351 g/mol. The first-order valence-corrected chi connectivity index (χ1v) is 8.30. The van der Waals surface area contributed by atoms with E-state index in [9.17, 15) is 22.8 Å². The highest BCUT2D eigenvalue weighted by molar-refractivity contribution is 5.83. The molecule has 144 valence electrons.